The summed E-state index contributed by atoms with van der Waals surface area (Å²) in [6.45, 7) is 10.1. The van der Waals surface area contributed by atoms with Gasteiger partial charge in [0.25, 0.3) is 5.24 Å². The van der Waals surface area contributed by atoms with Crippen LogP contribution in [0.3, 0.4) is 0 Å². The number of carbonyl (C=O) groups is 1. The lowest BCUT2D eigenvalue weighted by molar-refractivity contribution is 0.267. The van der Waals surface area contributed by atoms with Gasteiger partial charge in [-0.3, -0.25) is 4.79 Å². The summed E-state index contributed by atoms with van der Waals surface area (Å²) in [5.41, 5.74) is 4.34. The Kier molecular flexibility index (Phi) is 11.9. The number of hydrogen-bond acceptors (Lipinski definition) is 2. The third-order valence-corrected chi connectivity index (χ3v) is 1.34. The van der Waals surface area contributed by atoms with Crippen molar-refractivity contribution in [3.8, 4) is 0 Å². The minimum Gasteiger partial charge on any atom is -0.361 e. The number of primary amides is 1. The number of hydrogen-bond donors (Lipinski definition) is 2. The van der Waals surface area contributed by atoms with Gasteiger partial charge in [-0.05, 0) is 19.6 Å². The average molecular weight is 178 g/mol. The Balaban J connectivity index is 0. The van der Waals surface area contributed by atoms with Crippen molar-refractivity contribution in [2.24, 2.45) is 5.73 Å². The molecule has 0 heterocycles. The summed E-state index contributed by atoms with van der Waals surface area (Å²) >= 11 is 3.10. The zero-order chi connectivity index (χ0) is 9.28. The maximum atomic E-state index is 9.09. The first-order valence-corrected chi connectivity index (χ1v) is 4.23. The number of nitrogens with two attached hydrogens (primary N) is 1. The third kappa shape index (κ3) is 17.7. The molecule has 0 aromatic heterocycles. The Bertz CT molecular complexity index is 84.9. The number of rotatable bonds is 3. The quantitative estimate of drug-likeness (QED) is 0.641. The van der Waals surface area contributed by atoms with E-state index in [1.807, 2.05) is 0 Å². The van der Waals surface area contributed by atoms with Gasteiger partial charge in [0.05, 0.1) is 0 Å². The predicted molar refractivity (Wildman–Crippen MR) is 52.0 cm³/mol. The first kappa shape index (κ1) is 13.4. The highest BCUT2D eigenvalue weighted by Gasteiger charge is 1.89. The van der Waals surface area contributed by atoms with E-state index in [9.17, 15) is 0 Å². The molecular weight excluding hydrogens is 160 g/mol. The smallest absolute Gasteiger partial charge is 0.273 e. The van der Waals surface area contributed by atoms with E-state index >= 15 is 0 Å². The van der Waals surface area contributed by atoms with E-state index in [2.05, 4.69) is 44.0 Å². The zero-order valence-corrected chi connectivity index (χ0v) is 8.40. The number of carbonyl (C=O) groups excluding carboxylic acids is 1. The van der Waals surface area contributed by atoms with E-state index in [1.54, 1.807) is 0 Å². The molecule has 0 saturated heterocycles. The molecule has 0 aliphatic rings. The fourth-order valence-corrected chi connectivity index (χ4v) is 0.671. The molecule has 0 rings (SSSR count). The van der Waals surface area contributed by atoms with Crippen LogP contribution in [0.15, 0.2) is 0 Å². The van der Waals surface area contributed by atoms with Gasteiger partial charge in [0, 0.05) is 0 Å². The van der Waals surface area contributed by atoms with Crippen LogP contribution in [0.5, 0.6) is 0 Å². The van der Waals surface area contributed by atoms with Gasteiger partial charge in [0.15, 0.2) is 0 Å². The monoisotopic (exact) mass is 178 g/mol. The first-order chi connectivity index (χ1) is 5.08. The first-order valence-electron chi connectivity index (χ1n) is 3.79. The molecule has 68 valence electrons. The van der Waals surface area contributed by atoms with Gasteiger partial charge in [0.2, 0.25) is 0 Å². The average Bonchev–Trinajstić information content (AvgIpc) is 1.90. The van der Waals surface area contributed by atoms with Crippen LogP contribution in [-0.4, -0.2) is 29.8 Å². The Hall–Kier alpha value is -0.220. The summed E-state index contributed by atoms with van der Waals surface area (Å²) < 4.78 is 0. The largest absolute Gasteiger partial charge is 0.361 e. The summed E-state index contributed by atoms with van der Waals surface area (Å²) in [7, 11) is 0. The van der Waals surface area contributed by atoms with E-state index < -0.39 is 5.24 Å². The Morgan fingerprint density at radius 1 is 1.27 bits per heavy atom. The maximum Gasteiger partial charge on any atom is 0.273 e. The van der Waals surface area contributed by atoms with Crippen LogP contribution in [0.1, 0.15) is 20.8 Å². The Labute approximate surface area is 74.4 Å². The summed E-state index contributed by atoms with van der Waals surface area (Å²) in [5.74, 6) is 0. The number of nitrogens with zero attached hydrogens (tertiary/aromatic N) is 1. The van der Waals surface area contributed by atoms with Crippen LogP contribution in [-0.2, 0) is 0 Å². The van der Waals surface area contributed by atoms with Crippen LogP contribution in [0.4, 0.5) is 4.79 Å². The highest BCUT2D eigenvalue weighted by molar-refractivity contribution is 7.96. The van der Waals surface area contributed by atoms with Crippen molar-refractivity contribution in [2.75, 3.05) is 19.6 Å². The molecule has 0 aliphatic carbocycles. The van der Waals surface area contributed by atoms with Gasteiger partial charge in [-0.15, -0.1) is 0 Å². The fraction of sp³-hybridized carbons (Fsp3) is 0.857. The lowest BCUT2D eigenvalue weighted by Crippen LogP contribution is -2.21. The Morgan fingerprint density at radius 3 is 1.45 bits per heavy atom. The highest BCUT2D eigenvalue weighted by atomic mass is 32.1. The SMILES string of the molecule is CCN(CC)CC.NC(=O)S. The summed E-state index contributed by atoms with van der Waals surface area (Å²) in [5, 5.41) is -0.639. The second kappa shape index (κ2) is 9.78. The van der Waals surface area contributed by atoms with Gasteiger partial charge in [-0.25, -0.2) is 0 Å². The molecule has 11 heavy (non-hydrogen) atoms. The standard InChI is InChI=1S/C6H15N.CH3NOS/c1-4-7(5-2)6-3;2-1(3)4/h4-6H2,1-3H3;(H3,2,3,4). The van der Waals surface area contributed by atoms with E-state index in [1.165, 1.54) is 19.6 Å². The van der Waals surface area contributed by atoms with Crippen LogP contribution in [0.2, 0.25) is 0 Å². The molecule has 0 aromatic rings. The predicted octanol–water partition coefficient (Wildman–Crippen LogP) is 1.34. The minimum absolute atomic E-state index is 0.639. The highest BCUT2D eigenvalue weighted by Crippen LogP contribution is 1.81. The summed E-state index contributed by atoms with van der Waals surface area (Å²) in [6.07, 6.45) is 0. The van der Waals surface area contributed by atoms with Gasteiger partial charge < -0.3 is 10.6 Å². The van der Waals surface area contributed by atoms with E-state index in [0.717, 1.165) is 0 Å². The fourth-order valence-electron chi connectivity index (χ4n) is 0.671. The van der Waals surface area contributed by atoms with Gasteiger partial charge in [-0.2, -0.15) is 0 Å². The molecule has 0 bridgehead atoms. The van der Waals surface area contributed by atoms with Crippen LogP contribution in [0.25, 0.3) is 0 Å². The molecule has 1 amide bonds. The second-order valence-electron chi connectivity index (χ2n) is 1.96. The van der Waals surface area contributed by atoms with Crippen LogP contribution >= 0.6 is 12.6 Å². The minimum atomic E-state index is -0.639. The molecule has 0 saturated carbocycles. The van der Waals surface area contributed by atoms with Crippen molar-refractivity contribution in [1.82, 2.24) is 4.90 Å². The molecule has 4 heteroatoms. The normalized spacial score (nSPS) is 8.82. The van der Waals surface area contributed by atoms with E-state index in [0.29, 0.717) is 0 Å². The van der Waals surface area contributed by atoms with Crippen molar-refractivity contribution >= 4 is 17.9 Å². The van der Waals surface area contributed by atoms with Crippen molar-refractivity contribution < 1.29 is 4.79 Å². The molecule has 0 unspecified atom stereocenters. The van der Waals surface area contributed by atoms with Crippen molar-refractivity contribution in [3.05, 3.63) is 0 Å². The maximum absolute atomic E-state index is 9.09. The molecule has 0 radical (unpaired) electrons. The molecule has 0 spiro atoms. The third-order valence-electron chi connectivity index (χ3n) is 1.34. The summed E-state index contributed by atoms with van der Waals surface area (Å²) in [4.78, 5) is 11.5. The van der Waals surface area contributed by atoms with Crippen molar-refractivity contribution in [1.29, 1.82) is 0 Å². The van der Waals surface area contributed by atoms with Crippen LogP contribution < -0.4 is 5.73 Å². The van der Waals surface area contributed by atoms with Gasteiger partial charge in [0.1, 0.15) is 0 Å². The molecule has 2 N–H and O–H groups in total. The summed E-state index contributed by atoms with van der Waals surface area (Å²) in [6, 6.07) is 0. The van der Waals surface area contributed by atoms with Crippen LogP contribution in [0, 0.1) is 0 Å². The molecule has 0 aliphatic heterocycles. The molecule has 3 nitrogen and oxygen atoms in total. The topological polar surface area (TPSA) is 46.3 Å². The lowest BCUT2D eigenvalue weighted by atomic mass is 10.5. The second-order valence-corrected chi connectivity index (χ2v) is 2.40. The van der Waals surface area contributed by atoms with Gasteiger partial charge in [-0.1, -0.05) is 33.4 Å². The number of amides is 1. The number of thiol groups is 1. The lowest BCUT2D eigenvalue weighted by Gasteiger charge is -2.13. The van der Waals surface area contributed by atoms with E-state index in [4.69, 9.17) is 4.79 Å². The van der Waals surface area contributed by atoms with E-state index in [-0.39, 0.29) is 0 Å². The molecular formula is C7H18N2OS. The molecule has 0 atom stereocenters. The zero-order valence-electron chi connectivity index (χ0n) is 7.50. The molecule has 0 aromatic carbocycles. The van der Waals surface area contributed by atoms with Gasteiger partial charge >= 0.3 is 0 Å². The van der Waals surface area contributed by atoms with Crippen molar-refractivity contribution in [3.63, 3.8) is 0 Å². The van der Waals surface area contributed by atoms with Crippen molar-refractivity contribution in [2.45, 2.75) is 20.8 Å². The molecule has 0 fully saturated rings. The Morgan fingerprint density at radius 2 is 1.45 bits per heavy atom.